The predicted octanol–water partition coefficient (Wildman–Crippen LogP) is 2.60. The van der Waals surface area contributed by atoms with Crippen LogP contribution >= 0.6 is 33.9 Å². The zero-order chi connectivity index (χ0) is 12.1. The summed E-state index contributed by atoms with van der Waals surface area (Å²) in [5, 5.41) is -0.282. The highest BCUT2D eigenvalue weighted by atomic mass is 35.7. The summed E-state index contributed by atoms with van der Waals surface area (Å²) < 4.78 is 31.1. The van der Waals surface area contributed by atoms with Gasteiger partial charge in [-0.05, 0) is 13.8 Å². The van der Waals surface area contributed by atoms with Crippen LogP contribution in [0.1, 0.15) is 13.8 Å². The molecular weight excluding hydrogens is 286 g/mol. The number of hydrogen-bond acceptors (Lipinski definition) is 4. The molecule has 0 bridgehead atoms. The van der Waals surface area contributed by atoms with Crippen molar-refractivity contribution in [3.05, 3.63) is 9.40 Å². The number of rotatable bonds is 6. The van der Waals surface area contributed by atoms with E-state index in [0.29, 0.717) is 13.2 Å². The minimum absolute atomic E-state index is 0.282. The van der Waals surface area contributed by atoms with Crippen LogP contribution in [0.2, 0.25) is 0 Å². The molecule has 90 valence electrons. The van der Waals surface area contributed by atoms with Crippen LogP contribution in [0.25, 0.3) is 0 Å². The van der Waals surface area contributed by atoms with Gasteiger partial charge in [0.15, 0.2) is 10.7 Å². The van der Waals surface area contributed by atoms with Crippen molar-refractivity contribution in [1.82, 2.24) is 0 Å². The molecule has 0 aliphatic heterocycles. The van der Waals surface area contributed by atoms with Crippen molar-refractivity contribution in [2.45, 2.75) is 20.1 Å². The largest absolute Gasteiger partial charge is 0.348 e. The van der Waals surface area contributed by atoms with E-state index in [4.69, 9.17) is 43.4 Å². The summed E-state index contributed by atoms with van der Waals surface area (Å²) in [6.45, 7) is 4.01. The van der Waals surface area contributed by atoms with E-state index in [1.807, 2.05) is 0 Å². The van der Waals surface area contributed by atoms with Crippen molar-refractivity contribution in [2.24, 2.45) is 0 Å². The first-order chi connectivity index (χ1) is 6.84. The molecule has 0 N–H and O–H groups in total. The molecule has 0 spiro atoms. The van der Waals surface area contributed by atoms with E-state index < -0.39 is 19.7 Å². The quantitative estimate of drug-likeness (QED) is 0.558. The lowest BCUT2D eigenvalue weighted by Crippen LogP contribution is -2.19. The Bertz CT molecular complexity index is 319. The molecule has 15 heavy (non-hydrogen) atoms. The molecule has 0 heterocycles. The highest BCUT2D eigenvalue weighted by molar-refractivity contribution is 8.18. The van der Waals surface area contributed by atoms with E-state index >= 15 is 0 Å². The SMILES string of the molecule is CCOC(OCC)C(Cl)=C(Cl)S(=O)(=O)Cl. The van der Waals surface area contributed by atoms with Crippen molar-refractivity contribution in [3.63, 3.8) is 0 Å². The predicted molar refractivity (Wildman–Crippen MR) is 60.5 cm³/mol. The number of halogens is 3. The smallest absolute Gasteiger partial charge is 0.273 e. The van der Waals surface area contributed by atoms with Crippen molar-refractivity contribution in [3.8, 4) is 0 Å². The van der Waals surface area contributed by atoms with Crippen molar-refractivity contribution in [2.75, 3.05) is 13.2 Å². The summed E-state index contributed by atoms with van der Waals surface area (Å²) in [5.74, 6) is 0. The Balaban J connectivity index is 4.97. The maximum Gasteiger partial charge on any atom is 0.273 e. The highest BCUT2D eigenvalue weighted by Crippen LogP contribution is 2.27. The van der Waals surface area contributed by atoms with Gasteiger partial charge in [-0.3, -0.25) is 0 Å². The van der Waals surface area contributed by atoms with Gasteiger partial charge in [0.05, 0.1) is 0 Å². The lowest BCUT2D eigenvalue weighted by atomic mass is 10.6. The van der Waals surface area contributed by atoms with Crippen LogP contribution in [0.15, 0.2) is 9.40 Å². The van der Waals surface area contributed by atoms with Gasteiger partial charge in [-0.1, -0.05) is 23.2 Å². The van der Waals surface area contributed by atoms with Gasteiger partial charge in [-0.2, -0.15) is 0 Å². The molecule has 0 saturated heterocycles. The van der Waals surface area contributed by atoms with Crippen molar-refractivity contribution in [1.29, 1.82) is 0 Å². The van der Waals surface area contributed by atoms with Crippen LogP contribution in [0, 0.1) is 0 Å². The Kier molecular flexibility index (Phi) is 7.16. The lowest BCUT2D eigenvalue weighted by molar-refractivity contribution is -0.106. The van der Waals surface area contributed by atoms with E-state index in [-0.39, 0.29) is 5.03 Å². The number of hydrogen-bond donors (Lipinski definition) is 0. The zero-order valence-electron chi connectivity index (χ0n) is 8.17. The standard InChI is InChI=1S/C7H11Cl3O4S/c1-3-13-7(14-4-2)5(8)6(9)15(10,11)12/h7H,3-4H2,1-2H3. The second kappa shape index (κ2) is 6.93. The van der Waals surface area contributed by atoms with Gasteiger partial charge in [0.25, 0.3) is 9.05 Å². The molecule has 0 aromatic carbocycles. The normalized spacial score (nSPS) is 14.3. The molecule has 0 unspecified atom stereocenters. The molecule has 4 nitrogen and oxygen atoms in total. The zero-order valence-corrected chi connectivity index (χ0v) is 11.3. The minimum atomic E-state index is -4.06. The molecule has 0 aliphatic carbocycles. The molecule has 0 saturated carbocycles. The Morgan fingerprint density at radius 1 is 1.20 bits per heavy atom. The third-order valence-corrected chi connectivity index (χ3v) is 3.98. The lowest BCUT2D eigenvalue weighted by Gasteiger charge is -2.16. The molecule has 0 atom stereocenters. The fraction of sp³-hybridized carbons (Fsp3) is 0.714. The first-order valence-electron chi connectivity index (χ1n) is 4.07. The summed E-state index contributed by atoms with van der Waals surface area (Å²) in [6, 6.07) is 0. The molecule has 0 amide bonds. The third kappa shape index (κ3) is 5.38. The summed E-state index contributed by atoms with van der Waals surface area (Å²) in [5.41, 5.74) is 0. The first kappa shape index (κ1) is 15.5. The fourth-order valence-corrected chi connectivity index (χ4v) is 1.92. The van der Waals surface area contributed by atoms with E-state index in [1.165, 1.54) is 0 Å². The van der Waals surface area contributed by atoms with Crippen LogP contribution in [0.4, 0.5) is 0 Å². The fourth-order valence-electron chi connectivity index (χ4n) is 0.706. The van der Waals surface area contributed by atoms with Gasteiger partial charge in [-0.15, -0.1) is 0 Å². The highest BCUT2D eigenvalue weighted by Gasteiger charge is 2.23. The van der Waals surface area contributed by atoms with Crippen molar-refractivity contribution >= 4 is 42.9 Å². The summed E-state index contributed by atoms with van der Waals surface area (Å²) in [7, 11) is 0.951. The van der Waals surface area contributed by atoms with Crippen molar-refractivity contribution < 1.29 is 17.9 Å². The number of ether oxygens (including phenoxy) is 2. The van der Waals surface area contributed by atoms with Gasteiger partial charge in [-0.25, -0.2) is 8.42 Å². The Labute approximate surface area is 104 Å². The van der Waals surface area contributed by atoms with Crippen LogP contribution < -0.4 is 0 Å². The monoisotopic (exact) mass is 296 g/mol. The van der Waals surface area contributed by atoms with E-state index in [2.05, 4.69) is 0 Å². The average molecular weight is 298 g/mol. The summed E-state index contributed by atoms with van der Waals surface area (Å²) in [4.78, 5) is 0. The topological polar surface area (TPSA) is 52.6 Å². The minimum Gasteiger partial charge on any atom is -0.348 e. The van der Waals surface area contributed by atoms with Gasteiger partial charge in [0.1, 0.15) is 5.03 Å². The van der Waals surface area contributed by atoms with Crippen LogP contribution in [-0.4, -0.2) is 27.9 Å². The van der Waals surface area contributed by atoms with Crippen LogP contribution in [0.5, 0.6) is 0 Å². The first-order valence-corrected chi connectivity index (χ1v) is 7.14. The summed E-state index contributed by atoms with van der Waals surface area (Å²) >= 11 is 11.1. The van der Waals surface area contributed by atoms with Gasteiger partial charge in [0.2, 0.25) is 0 Å². The molecule has 0 fully saturated rings. The maximum absolute atomic E-state index is 10.9. The van der Waals surface area contributed by atoms with E-state index in [1.54, 1.807) is 13.8 Å². The van der Waals surface area contributed by atoms with Gasteiger partial charge in [0, 0.05) is 23.9 Å². The molecule has 0 radical (unpaired) electrons. The second-order valence-electron chi connectivity index (χ2n) is 2.30. The maximum atomic E-state index is 10.9. The second-order valence-corrected chi connectivity index (χ2v) is 5.81. The third-order valence-electron chi connectivity index (χ3n) is 1.24. The van der Waals surface area contributed by atoms with E-state index in [9.17, 15) is 8.42 Å². The molecule has 0 rings (SSSR count). The average Bonchev–Trinajstić information content (AvgIpc) is 2.14. The van der Waals surface area contributed by atoms with Gasteiger partial charge >= 0.3 is 0 Å². The van der Waals surface area contributed by atoms with Gasteiger partial charge < -0.3 is 9.47 Å². The molecule has 0 aliphatic rings. The Morgan fingerprint density at radius 3 is 1.87 bits per heavy atom. The van der Waals surface area contributed by atoms with Crippen LogP contribution in [-0.2, 0) is 18.5 Å². The summed E-state index contributed by atoms with van der Waals surface area (Å²) in [6.07, 6.45) is -1.01. The Hall–Kier alpha value is 0.480. The Morgan fingerprint density at radius 2 is 1.60 bits per heavy atom. The van der Waals surface area contributed by atoms with Crippen LogP contribution in [0.3, 0.4) is 0 Å². The molecular formula is C7H11Cl3O4S. The van der Waals surface area contributed by atoms with E-state index in [0.717, 1.165) is 0 Å². The molecule has 0 aromatic heterocycles. The molecule has 0 aromatic rings. The molecule has 8 heteroatoms.